The molecule has 56 valence electrons. The second-order valence-electron chi connectivity index (χ2n) is 1.32. The third kappa shape index (κ3) is 2.03. The van der Waals surface area contributed by atoms with Crippen LogP contribution in [0.4, 0.5) is 0 Å². The van der Waals surface area contributed by atoms with Crippen molar-refractivity contribution in [1.82, 2.24) is 0 Å². The molecule has 0 saturated heterocycles. The van der Waals surface area contributed by atoms with E-state index < -0.39 is 9.05 Å². The van der Waals surface area contributed by atoms with Crippen LogP contribution in [0.25, 0.3) is 0 Å². The SMILES string of the molecule is CO[Si](OC)(OC)OC.[H+]. The molecule has 0 unspecified atom stereocenters. The van der Waals surface area contributed by atoms with Crippen LogP contribution in [0.5, 0.6) is 0 Å². The first-order valence-electron chi connectivity index (χ1n) is 2.45. The van der Waals surface area contributed by atoms with Gasteiger partial charge in [-0.1, -0.05) is 0 Å². The summed E-state index contributed by atoms with van der Waals surface area (Å²) in [5.74, 6) is 0. The molecule has 4 nitrogen and oxygen atoms in total. The van der Waals surface area contributed by atoms with Crippen molar-refractivity contribution >= 4 is 9.05 Å². The number of hydrogen-bond donors (Lipinski definition) is 0. The van der Waals surface area contributed by atoms with E-state index in [4.69, 9.17) is 17.7 Å². The van der Waals surface area contributed by atoms with Gasteiger partial charge in [-0.2, -0.15) is 0 Å². The molecule has 0 aromatic heterocycles. The van der Waals surface area contributed by atoms with Gasteiger partial charge in [0.1, 0.15) is 0 Å². The summed E-state index contributed by atoms with van der Waals surface area (Å²) in [5.41, 5.74) is 0. The Hall–Kier alpha value is 0.0569. The van der Waals surface area contributed by atoms with Crippen molar-refractivity contribution in [3.63, 3.8) is 0 Å². The predicted molar refractivity (Wildman–Crippen MR) is 34.9 cm³/mol. The minimum atomic E-state index is -2.69. The molecule has 0 aromatic carbocycles. The van der Waals surface area contributed by atoms with Crippen molar-refractivity contribution in [3.8, 4) is 0 Å². The Morgan fingerprint density at radius 3 is 1.00 bits per heavy atom. The molecule has 0 aliphatic rings. The average molecular weight is 153 g/mol. The first-order valence-corrected chi connectivity index (χ1v) is 4.08. The zero-order valence-corrected chi connectivity index (χ0v) is 7.13. The van der Waals surface area contributed by atoms with Crippen LogP contribution in [0.3, 0.4) is 0 Å². The van der Waals surface area contributed by atoms with Crippen LogP contribution in [0.2, 0.25) is 0 Å². The van der Waals surface area contributed by atoms with E-state index in [1.54, 1.807) is 0 Å². The van der Waals surface area contributed by atoms with Crippen LogP contribution >= 0.6 is 0 Å². The van der Waals surface area contributed by atoms with Crippen molar-refractivity contribution in [2.75, 3.05) is 28.4 Å². The van der Waals surface area contributed by atoms with Gasteiger partial charge in [0.05, 0.1) is 0 Å². The van der Waals surface area contributed by atoms with Crippen LogP contribution in [-0.4, -0.2) is 37.5 Å². The second kappa shape index (κ2) is 3.97. The van der Waals surface area contributed by atoms with E-state index in [1.807, 2.05) is 0 Å². The summed E-state index contributed by atoms with van der Waals surface area (Å²) in [4.78, 5) is 0. The van der Waals surface area contributed by atoms with Gasteiger partial charge in [-0.05, 0) is 0 Å². The molecule has 0 atom stereocenters. The van der Waals surface area contributed by atoms with Crippen molar-refractivity contribution in [3.05, 3.63) is 0 Å². The van der Waals surface area contributed by atoms with Gasteiger partial charge in [-0.15, -0.1) is 0 Å². The molecule has 0 aliphatic carbocycles. The molecule has 0 saturated carbocycles. The Balaban J connectivity index is 0. The highest BCUT2D eigenvalue weighted by Gasteiger charge is 2.40. The average Bonchev–Trinajstić information content (AvgIpc) is 1.95. The van der Waals surface area contributed by atoms with Crippen LogP contribution in [0.1, 0.15) is 1.43 Å². The quantitative estimate of drug-likeness (QED) is 0.538. The minimum Gasteiger partial charge on any atom is -0.355 e. The summed E-state index contributed by atoms with van der Waals surface area (Å²) in [6.07, 6.45) is 0. The topological polar surface area (TPSA) is 36.9 Å². The first kappa shape index (κ1) is 9.06. The summed E-state index contributed by atoms with van der Waals surface area (Å²) in [5, 5.41) is 0. The van der Waals surface area contributed by atoms with Crippen molar-refractivity contribution < 1.29 is 19.1 Å². The fourth-order valence-corrected chi connectivity index (χ4v) is 1.50. The fourth-order valence-electron chi connectivity index (χ4n) is 0.500. The zero-order valence-electron chi connectivity index (χ0n) is 7.13. The molecule has 0 rings (SSSR count). The summed E-state index contributed by atoms with van der Waals surface area (Å²) in [6, 6.07) is 0. The van der Waals surface area contributed by atoms with Gasteiger partial charge < -0.3 is 17.7 Å². The summed E-state index contributed by atoms with van der Waals surface area (Å²) in [6.45, 7) is 0. The molecule has 0 heterocycles. The highest BCUT2D eigenvalue weighted by atomic mass is 28.4. The van der Waals surface area contributed by atoms with Gasteiger partial charge in [0.15, 0.2) is 0 Å². The molecular weight excluding hydrogens is 140 g/mol. The predicted octanol–water partition coefficient (Wildman–Crippen LogP) is 0.120. The number of rotatable bonds is 4. The largest absolute Gasteiger partial charge is 1.00 e. The highest BCUT2D eigenvalue weighted by molar-refractivity contribution is 6.53. The lowest BCUT2D eigenvalue weighted by Crippen LogP contribution is -2.45. The van der Waals surface area contributed by atoms with E-state index in [-0.39, 0.29) is 1.43 Å². The first-order chi connectivity index (χ1) is 4.24. The third-order valence-electron chi connectivity index (χ3n) is 1.00. The maximum absolute atomic E-state index is 4.86. The van der Waals surface area contributed by atoms with E-state index in [1.165, 1.54) is 28.4 Å². The molecule has 0 amide bonds. The molecule has 0 fully saturated rings. The van der Waals surface area contributed by atoms with Gasteiger partial charge in [0.2, 0.25) is 0 Å². The molecule has 0 spiro atoms. The second-order valence-corrected chi connectivity index (χ2v) is 3.95. The van der Waals surface area contributed by atoms with E-state index in [2.05, 4.69) is 0 Å². The smallest absolute Gasteiger partial charge is 0.355 e. The maximum Gasteiger partial charge on any atom is 1.00 e. The van der Waals surface area contributed by atoms with Gasteiger partial charge in [-0.3, -0.25) is 0 Å². The van der Waals surface area contributed by atoms with E-state index in [0.29, 0.717) is 0 Å². The van der Waals surface area contributed by atoms with Gasteiger partial charge >= 0.3 is 10.5 Å². The van der Waals surface area contributed by atoms with Gasteiger partial charge in [0, 0.05) is 28.4 Å². The Kier molecular flexibility index (Phi) is 3.99. The molecule has 9 heavy (non-hydrogen) atoms. The van der Waals surface area contributed by atoms with Gasteiger partial charge in [-0.25, -0.2) is 0 Å². The Morgan fingerprint density at radius 2 is 1.00 bits per heavy atom. The fraction of sp³-hybridized carbons (Fsp3) is 1.00. The van der Waals surface area contributed by atoms with Crippen LogP contribution < -0.4 is 0 Å². The normalized spacial score (nSPS) is 12.0. The van der Waals surface area contributed by atoms with Crippen molar-refractivity contribution in [1.29, 1.82) is 0 Å². The van der Waals surface area contributed by atoms with Crippen LogP contribution in [0, 0.1) is 0 Å². The summed E-state index contributed by atoms with van der Waals surface area (Å²) in [7, 11) is 3.26. The van der Waals surface area contributed by atoms with Crippen LogP contribution in [-0.2, 0) is 17.7 Å². The lowest BCUT2D eigenvalue weighted by molar-refractivity contribution is 0.0226. The van der Waals surface area contributed by atoms with Crippen molar-refractivity contribution in [2.45, 2.75) is 0 Å². The Labute approximate surface area is 57.6 Å². The molecular formula is C4H13O4Si+. The number of hydrogen-bond acceptors (Lipinski definition) is 4. The lowest BCUT2D eigenvalue weighted by Gasteiger charge is -2.19. The molecule has 0 N–H and O–H groups in total. The molecule has 5 heteroatoms. The van der Waals surface area contributed by atoms with Gasteiger partial charge in [0.25, 0.3) is 0 Å². The molecule has 0 bridgehead atoms. The van der Waals surface area contributed by atoms with E-state index in [0.717, 1.165) is 0 Å². The zero-order chi connectivity index (χ0) is 7.33. The summed E-state index contributed by atoms with van der Waals surface area (Å²) >= 11 is 0. The van der Waals surface area contributed by atoms with E-state index >= 15 is 0 Å². The monoisotopic (exact) mass is 153 g/mol. The molecule has 0 radical (unpaired) electrons. The van der Waals surface area contributed by atoms with E-state index in [9.17, 15) is 0 Å². The molecule has 0 aliphatic heterocycles. The van der Waals surface area contributed by atoms with Crippen LogP contribution in [0.15, 0.2) is 0 Å². The minimum absolute atomic E-state index is 0. The molecule has 0 aromatic rings. The maximum atomic E-state index is 4.86. The standard InChI is InChI=1S/C4H12O4Si/c1-5-9(6-2,7-3)8-4/h1-4H3/p+1. The van der Waals surface area contributed by atoms with Crippen molar-refractivity contribution in [2.24, 2.45) is 0 Å². The summed E-state index contributed by atoms with van der Waals surface area (Å²) < 4.78 is 19.4. The Morgan fingerprint density at radius 1 is 0.778 bits per heavy atom. The third-order valence-corrected chi connectivity index (χ3v) is 3.00. The Bertz CT molecular complexity index is 60.1. The highest BCUT2D eigenvalue weighted by Crippen LogP contribution is 2.04. The lowest BCUT2D eigenvalue weighted by atomic mass is 11.8.